The van der Waals surface area contributed by atoms with Gasteiger partial charge < -0.3 is 10.2 Å². The van der Waals surface area contributed by atoms with E-state index in [4.69, 9.17) is 0 Å². The van der Waals surface area contributed by atoms with Crippen molar-refractivity contribution in [3.8, 4) is 0 Å². The molecular formula is C25H33N3. The molecule has 0 saturated carbocycles. The van der Waals surface area contributed by atoms with E-state index in [1.165, 1.54) is 42.6 Å². The first-order valence-corrected chi connectivity index (χ1v) is 10.3. The zero-order valence-electron chi connectivity index (χ0n) is 17.3. The second kappa shape index (κ2) is 10.3. The van der Waals surface area contributed by atoms with Crippen LogP contribution in [-0.2, 0) is 13.1 Å². The molecule has 28 heavy (non-hydrogen) atoms. The highest BCUT2D eigenvalue weighted by molar-refractivity contribution is 5.52. The van der Waals surface area contributed by atoms with Crippen molar-refractivity contribution in [2.75, 3.05) is 18.0 Å². The summed E-state index contributed by atoms with van der Waals surface area (Å²) >= 11 is 0. The van der Waals surface area contributed by atoms with Gasteiger partial charge >= 0.3 is 0 Å². The summed E-state index contributed by atoms with van der Waals surface area (Å²) in [7, 11) is 0. The summed E-state index contributed by atoms with van der Waals surface area (Å²) < 4.78 is 0. The fourth-order valence-electron chi connectivity index (χ4n) is 3.71. The number of anilines is 1. The van der Waals surface area contributed by atoms with E-state index in [0.29, 0.717) is 6.04 Å². The molecule has 3 rings (SSSR count). The van der Waals surface area contributed by atoms with Gasteiger partial charge in [-0.25, -0.2) is 0 Å². The second-order valence-electron chi connectivity index (χ2n) is 7.66. The fraction of sp³-hybridized carbons (Fsp3) is 0.360. The van der Waals surface area contributed by atoms with Crippen molar-refractivity contribution < 1.29 is 0 Å². The van der Waals surface area contributed by atoms with E-state index in [0.717, 1.165) is 18.8 Å². The number of nitrogens with zero attached hydrogens (tertiary/aromatic N) is 2. The molecule has 0 radical (unpaired) electrons. The minimum Gasteiger partial charge on any atom is -0.325 e. The van der Waals surface area contributed by atoms with Crippen molar-refractivity contribution in [2.24, 2.45) is 0 Å². The van der Waals surface area contributed by atoms with Gasteiger partial charge in [0.2, 0.25) is 0 Å². The Bertz CT molecular complexity index is 753. The smallest absolute Gasteiger partial charge is 0.0449 e. The van der Waals surface area contributed by atoms with Crippen LogP contribution in [0.4, 0.5) is 5.69 Å². The average Bonchev–Trinajstić information content (AvgIpc) is 2.74. The number of likely N-dealkylation sites (tertiary alicyclic amines) is 1. The van der Waals surface area contributed by atoms with Gasteiger partial charge in [0.1, 0.15) is 0 Å². The molecule has 0 spiro atoms. The van der Waals surface area contributed by atoms with E-state index in [9.17, 15) is 0 Å². The highest BCUT2D eigenvalue weighted by Gasteiger charge is 2.18. The molecule has 2 aromatic rings. The maximum atomic E-state index is 3.87. The van der Waals surface area contributed by atoms with Crippen LogP contribution < -0.4 is 10.2 Å². The number of benzene rings is 2. The quantitative estimate of drug-likeness (QED) is 0.681. The Morgan fingerprint density at radius 3 is 2.29 bits per heavy atom. The van der Waals surface area contributed by atoms with E-state index in [-0.39, 0.29) is 0 Å². The summed E-state index contributed by atoms with van der Waals surface area (Å²) in [6, 6.07) is 18.3. The maximum Gasteiger partial charge on any atom is 0.0449 e. The third-order valence-electron chi connectivity index (χ3n) is 5.45. The number of nitrogens with one attached hydrogen (secondary N) is 1. The van der Waals surface area contributed by atoms with Crippen LogP contribution in [-0.4, -0.2) is 24.0 Å². The predicted octanol–water partition coefficient (Wildman–Crippen LogP) is 5.23. The molecule has 0 unspecified atom stereocenters. The van der Waals surface area contributed by atoms with Gasteiger partial charge in [0.25, 0.3) is 0 Å². The monoisotopic (exact) mass is 375 g/mol. The van der Waals surface area contributed by atoms with Crippen molar-refractivity contribution in [3.63, 3.8) is 0 Å². The van der Waals surface area contributed by atoms with Gasteiger partial charge in [0.15, 0.2) is 0 Å². The summed E-state index contributed by atoms with van der Waals surface area (Å²) in [5.41, 5.74) is 5.22. The van der Waals surface area contributed by atoms with Crippen molar-refractivity contribution in [1.82, 2.24) is 10.2 Å². The van der Waals surface area contributed by atoms with Gasteiger partial charge in [-0.05, 0) is 63.0 Å². The molecule has 2 aromatic carbocycles. The highest BCUT2D eigenvalue weighted by Crippen LogP contribution is 2.18. The summed E-state index contributed by atoms with van der Waals surface area (Å²) in [4.78, 5) is 4.60. The molecule has 1 N–H and O–H groups in total. The van der Waals surface area contributed by atoms with Gasteiger partial charge in [-0.15, -0.1) is 0 Å². The summed E-state index contributed by atoms with van der Waals surface area (Å²) in [6.45, 7) is 12.4. The lowest BCUT2D eigenvalue weighted by Gasteiger charge is -2.32. The SMILES string of the molecule is C=CN(/C=C\C)c1ccc(CNC2CCN(Cc3ccc(C)cc3)CC2)cc1. The van der Waals surface area contributed by atoms with Crippen LogP contribution >= 0.6 is 0 Å². The normalized spacial score (nSPS) is 15.8. The van der Waals surface area contributed by atoms with Crippen LogP contribution in [0.3, 0.4) is 0 Å². The summed E-state index contributed by atoms with van der Waals surface area (Å²) in [6.07, 6.45) is 8.30. The van der Waals surface area contributed by atoms with E-state index in [1.807, 2.05) is 30.3 Å². The minimum absolute atomic E-state index is 0.613. The van der Waals surface area contributed by atoms with Crippen LogP contribution in [0.15, 0.2) is 73.6 Å². The molecule has 0 aliphatic carbocycles. The molecule has 1 heterocycles. The summed E-state index contributed by atoms with van der Waals surface area (Å²) in [5.74, 6) is 0. The first-order chi connectivity index (χ1) is 13.7. The number of hydrogen-bond acceptors (Lipinski definition) is 3. The average molecular weight is 376 g/mol. The van der Waals surface area contributed by atoms with Gasteiger partial charge in [-0.1, -0.05) is 54.6 Å². The Hall–Kier alpha value is -2.36. The molecule has 1 aliphatic rings. The largest absolute Gasteiger partial charge is 0.325 e. The zero-order valence-corrected chi connectivity index (χ0v) is 17.3. The van der Waals surface area contributed by atoms with E-state index in [1.54, 1.807) is 0 Å². The van der Waals surface area contributed by atoms with E-state index in [2.05, 4.69) is 72.3 Å². The molecule has 3 heteroatoms. The molecule has 3 nitrogen and oxygen atoms in total. The standard InChI is InChI=1S/C25H33N3/c1-4-16-28(5-2)25-12-10-22(11-13-25)19-26-24-14-17-27(18-15-24)20-23-8-6-21(3)7-9-23/h4-13,16,24,26H,2,14-15,17-20H2,1,3H3/b16-4-. The van der Waals surface area contributed by atoms with Crippen molar-refractivity contribution in [3.05, 3.63) is 90.3 Å². The molecule has 148 valence electrons. The number of piperidine rings is 1. The lowest BCUT2D eigenvalue weighted by molar-refractivity contribution is 0.190. The molecule has 0 aromatic heterocycles. The van der Waals surface area contributed by atoms with Crippen molar-refractivity contribution >= 4 is 5.69 Å². The predicted molar refractivity (Wildman–Crippen MR) is 120 cm³/mol. The number of rotatable bonds is 8. The minimum atomic E-state index is 0.613. The van der Waals surface area contributed by atoms with Crippen molar-refractivity contribution in [1.29, 1.82) is 0 Å². The Kier molecular flexibility index (Phi) is 7.46. The Labute approximate surface area is 170 Å². The molecule has 1 saturated heterocycles. The topological polar surface area (TPSA) is 18.5 Å². The van der Waals surface area contributed by atoms with Crippen LogP contribution in [0, 0.1) is 6.92 Å². The van der Waals surface area contributed by atoms with Crippen LogP contribution in [0.25, 0.3) is 0 Å². The Morgan fingerprint density at radius 2 is 1.68 bits per heavy atom. The third-order valence-corrected chi connectivity index (χ3v) is 5.45. The molecule has 0 atom stereocenters. The van der Waals surface area contributed by atoms with Crippen LogP contribution in [0.1, 0.15) is 36.5 Å². The molecule has 1 fully saturated rings. The first kappa shape index (κ1) is 20.4. The Morgan fingerprint density at radius 1 is 1.04 bits per heavy atom. The lowest BCUT2D eigenvalue weighted by Crippen LogP contribution is -2.41. The lowest BCUT2D eigenvalue weighted by atomic mass is 10.0. The highest BCUT2D eigenvalue weighted by atomic mass is 15.1. The third kappa shape index (κ3) is 5.82. The number of allylic oxidation sites excluding steroid dienone is 1. The molecule has 0 bridgehead atoms. The fourth-order valence-corrected chi connectivity index (χ4v) is 3.71. The summed E-state index contributed by atoms with van der Waals surface area (Å²) in [5, 5.41) is 3.74. The van der Waals surface area contributed by atoms with E-state index < -0.39 is 0 Å². The van der Waals surface area contributed by atoms with E-state index >= 15 is 0 Å². The van der Waals surface area contributed by atoms with Gasteiger partial charge in [-0.3, -0.25) is 4.90 Å². The van der Waals surface area contributed by atoms with Crippen LogP contribution in [0.5, 0.6) is 0 Å². The maximum absolute atomic E-state index is 3.87. The second-order valence-corrected chi connectivity index (χ2v) is 7.66. The van der Waals surface area contributed by atoms with Crippen LogP contribution in [0.2, 0.25) is 0 Å². The van der Waals surface area contributed by atoms with Crippen molar-refractivity contribution in [2.45, 2.75) is 45.8 Å². The zero-order chi connectivity index (χ0) is 19.8. The van der Waals surface area contributed by atoms with Gasteiger partial charge in [-0.2, -0.15) is 0 Å². The number of hydrogen-bond donors (Lipinski definition) is 1. The molecular weight excluding hydrogens is 342 g/mol. The molecule has 0 amide bonds. The Balaban J connectivity index is 1.42. The first-order valence-electron chi connectivity index (χ1n) is 10.3. The van der Waals surface area contributed by atoms with Gasteiger partial charge in [0, 0.05) is 37.2 Å². The molecule has 1 aliphatic heterocycles. The van der Waals surface area contributed by atoms with Gasteiger partial charge in [0.05, 0.1) is 0 Å². The number of aryl methyl sites for hydroxylation is 1.